The minimum atomic E-state index is -0.897. The van der Waals surface area contributed by atoms with E-state index in [0.29, 0.717) is 12.8 Å². The van der Waals surface area contributed by atoms with Gasteiger partial charge in [0.2, 0.25) is 5.91 Å². The van der Waals surface area contributed by atoms with Gasteiger partial charge in [0.05, 0.1) is 0 Å². The molecule has 0 aromatic heterocycles. The van der Waals surface area contributed by atoms with E-state index in [2.05, 4.69) is 11.9 Å². The van der Waals surface area contributed by atoms with Crippen molar-refractivity contribution in [2.24, 2.45) is 0 Å². The monoisotopic (exact) mass is 342 g/mol. The predicted molar refractivity (Wildman–Crippen MR) is 92.3 cm³/mol. The smallest absolute Gasteiger partial charge is 0.330 e. The number of amides is 1. The average molecular weight is 342 g/mol. The Kier molecular flexibility index (Phi) is 9.31. The molecule has 0 fully saturated rings. The lowest BCUT2D eigenvalue weighted by atomic mass is 10.1. The van der Waals surface area contributed by atoms with E-state index >= 15 is 0 Å². The molecule has 0 unspecified atom stereocenters. The van der Waals surface area contributed by atoms with Crippen LogP contribution in [0.3, 0.4) is 0 Å². The topological polar surface area (TPSA) is 96.3 Å². The molecule has 0 aliphatic heterocycles. The molecule has 0 heterocycles. The normalized spacial score (nSPS) is 11.0. The van der Waals surface area contributed by atoms with Gasteiger partial charge in [0, 0.05) is 25.7 Å². The van der Waals surface area contributed by atoms with Crippen LogP contribution in [0.1, 0.15) is 31.2 Å². The zero-order valence-electron chi connectivity index (χ0n) is 14.1. The maximum absolute atomic E-state index is 12.1. The van der Waals surface area contributed by atoms with Crippen molar-refractivity contribution in [3.63, 3.8) is 0 Å². The van der Waals surface area contributed by atoms with Crippen LogP contribution in [0.25, 0.3) is 0 Å². The largest absolute Gasteiger partial charge is 0.449 e. The highest BCUT2D eigenvalue weighted by Crippen LogP contribution is 2.06. The molecule has 1 atom stereocenters. The number of benzene rings is 1. The summed E-state index contributed by atoms with van der Waals surface area (Å²) in [6.45, 7) is 3.17. The number of allylic oxidation sites excluding steroid dienone is 1. The van der Waals surface area contributed by atoms with Crippen LogP contribution in [0.4, 0.5) is 0 Å². The van der Waals surface area contributed by atoms with E-state index in [1.807, 2.05) is 30.3 Å². The Balaban J connectivity index is 2.61. The van der Waals surface area contributed by atoms with Crippen molar-refractivity contribution in [3.05, 3.63) is 48.6 Å². The highest BCUT2D eigenvalue weighted by Gasteiger charge is 2.23. The Hall–Kier alpha value is -2.94. The minimum absolute atomic E-state index is 0.00674. The summed E-state index contributed by atoms with van der Waals surface area (Å²) in [5.74, 6) is -1.10. The summed E-state index contributed by atoms with van der Waals surface area (Å²) in [7, 11) is 0. The van der Waals surface area contributed by atoms with Crippen molar-refractivity contribution >= 4 is 17.7 Å². The molecule has 0 radical (unpaired) electrons. The molecule has 6 heteroatoms. The summed E-state index contributed by atoms with van der Waals surface area (Å²) in [5.41, 5.74) is 0.851. The van der Waals surface area contributed by atoms with Gasteiger partial charge < -0.3 is 10.1 Å². The number of ether oxygens (including phenoxy) is 1. The average Bonchev–Trinajstić information content (AvgIpc) is 2.63. The van der Waals surface area contributed by atoms with E-state index in [4.69, 9.17) is 10.00 Å². The van der Waals surface area contributed by atoms with Crippen molar-refractivity contribution in [1.82, 2.24) is 5.32 Å². The van der Waals surface area contributed by atoms with Crippen molar-refractivity contribution < 1.29 is 19.1 Å². The van der Waals surface area contributed by atoms with Crippen LogP contribution in [-0.4, -0.2) is 30.3 Å². The van der Waals surface area contributed by atoms with E-state index in [1.165, 1.54) is 0 Å². The first-order valence-corrected chi connectivity index (χ1v) is 8.06. The molecule has 1 aromatic carbocycles. The van der Waals surface area contributed by atoms with Crippen LogP contribution >= 0.6 is 0 Å². The molecule has 0 aliphatic rings. The van der Waals surface area contributed by atoms with Crippen LogP contribution in [0.15, 0.2) is 43.0 Å². The fourth-order valence-corrected chi connectivity index (χ4v) is 2.15. The Morgan fingerprint density at radius 3 is 2.56 bits per heavy atom. The molecule has 6 nitrogen and oxygen atoms in total. The first kappa shape index (κ1) is 20.1. The first-order valence-electron chi connectivity index (χ1n) is 8.06. The molecule has 132 valence electrons. The summed E-state index contributed by atoms with van der Waals surface area (Å²) in [6, 6.07) is 9.98. The second-order valence-electron chi connectivity index (χ2n) is 5.44. The van der Waals surface area contributed by atoms with E-state index in [-0.39, 0.29) is 31.7 Å². The van der Waals surface area contributed by atoms with Crippen molar-refractivity contribution in [1.29, 1.82) is 5.26 Å². The highest BCUT2D eigenvalue weighted by atomic mass is 16.5. The van der Waals surface area contributed by atoms with Crippen LogP contribution in [-0.2, 0) is 25.5 Å². The van der Waals surface area contributed by atoms with Crippen LogP contribution < -0.4 is 5.32 Å². The maximum Gasteiger partial charge on any atom is 0.330 e. The Morgan fingerprint density at radius 2 is 1.92 bits per heavy atom. The van der Waals surface area contributed by atoms with Crippen LogP contribution in [0.2, 0.25) is 0 Å². The number of ketones is 1. The maximum atomic E-state index is 12.1. The molecular formula is C19H22N2O4. The fraction of sp³-hybridized carbons (Fsp3) is 0.368. The number of nitrogens with zero attached hydrogens (tertiary/aromatic N) is 1. The number of Topliss-reactive ketones (excluding diaryl/α,β-unsaturated/α-hetero) is 1. The van der Waals surface area contributed by atoms with Gasteiger partial charge in [-0.1, -0.05) is 36.4 Å². The number of hydrogen-bond donors (Lipinski definition) is 1. The second-order valence-corrected chi connectivity index (χ2v) is 5.44. The summed E-state index contributed by atoms with van der Waals surface area (Å²) >= 11 is 0. The number of carbonyl (C=O) groups excluding carboxylic acids is 3. The number of carbonyl (C=O) groups is 3. The lowest BCUT2D eigenvalue weighted by Gasteiger charge is -2.17. The zero-order chi connectivity index (χ0) is 18.5. The lowest BCUT2D eigenvalue weighted by molar-refractivity contribution is -0.146. The predicted octanol–water partition coefficient (Wildman–Crippen LogP) is 2.10. The molecule has 0 aliphatic carbocycles. The van der Waals surface area contributed by atoms with Crippen molar-refractivity contribution in [2.45, 2.75) is 38.1 Å². The van der Waals surface area contributed by atoms with E-state index in [1.54, 1.807) is 12.1 Å². The third kappa shape index (κ3) is 8.47. The fourth-order valence-electron chi connectivity index (χ4n) is 2.15. The van der Waals surface area contributed by atoms with E-state index < -0.39 is 17.9 Å². The Labute approximate surface area is 147 Å². The van der Waals surface area contributed by atoms with Gasteiger partial charge in [0.1, 0.15) is 17.9 Å². The number of nitriles is 1. The lowest BCUT2D eigenvalue weighted by Crippen LogP contribution is -2.43. The van der Waals surface area contributed by atoms with Crippen LogP contribution in [0, 0.1) is 11.3 Å². The molecule has 1 rings (SSSR count). The first-order chi connectivity index (χ1) is 12.1. The zero-order valence-corrected chi connectivity index (χ0v) is 14.1. The van der Waals surface area contributed by atoms with Gasteiger partial charge in [-0.3, -0.25) is 9.59 Å². The van der Waals surface area contributed by atoms with Gasteiger partial charge in [0.15, 0.2) is 6.61 Å². The third-order valence-electron chi connectivity index (χ3n) is 3.44. The highest BCUT2D eigenvalue weighted by molar-refractivity contribution is 5.88. The minimum Gasteiger partial charge on any atom is -0.449 e. The molecule has 0 saturated carbocycles. The quantitative estimate of drug-likeness (QED) is 0.491. The number of rotatable bonds is 11. The van der Waals surface area contributed by atoms with Gasteiger partial charge in [-0.05, 0) is 12.0 Å². The van der Waals surface area contributed by atoms with Gasteiger partial charge in [0.25, 0.3) is 0 Å². The van der Waals surface area contributed by atoms with E-state index in [9.17, 15) is 14.4 Å². The van der Waals surface area contributed by atoms with E-state index in [0.717, 1.165) is 5.56 Å². The molecule has 0 spiro atoms. The summed E-state index contributed by atoms with van der Waals surface area (Å²) < 4.78 is 4.81. The number of hydrogen-bond acceptors (Lipinski definition) is 5. The number of nitrogens with one attached hydrogen (secondary N) is 1. The molecule has 25 heavy (non-hydrogen) atoms. The number of esters is 1. The Bertz CT molecular complexity index is 635. The third-order valence-corrected chi connectivity index (χ3v) is 3.44. The molecule has 1 amide bonds. The molecular weight excluding hydrogens is 320 g/mol. The molecule has 0 bridgehead atoms. The van der Waals surface area contributed by atoms with Gasteiger partial charge in [-0.2, -0.15) is 5.26 Å². The molecule has 1 aromatic rings. The standard InChI is InChI=1S/C19H22N2O4/c1-2-3-9-16(22)10-11-18(23)21-17(19(24)25-13-12-20)14-15-7-5-4-6-8-15/h2,4-8,17H,1,3,9-11,13-14H2,(H,21,23)/t17-/m0/s1. The van der Waals surface area contributed by atoms with Crippen molar-refractivity contribution in [3.8, 4) is 6.07 Å². The summed E-state index contributed by atoms with van der Waals surface area (Å²) in [4.78, 5) is 35.7. The van der Waals surface area contributed by atoms with Gasteiger partial charge in [-0.15, -0.1) is 6.58 Å². The molecule has 1 N–H and O–H groups in total. The van der Waals surface area contributed by atoms with Crippen molar-refractivity contribution in [2.75, 3.05) is 6.61 Å². The summed E-state index contributed by atoms with van der Waals surface area (Å²) in [6.07, 6.45) is 2.96. The SMILES string of the molecule is C=CCCC(=O)CCC(=O)N[C@@H](Cc1ccccc1)C(=O)OCC#N. The van der Waals surface area contributed by atoms with Gasteiger partial charge >= 0.3 is 5.97 Å². The summed E-state index contributed by atoms with van der Waals surface area (Å²) in [5, 5.41) is 11.1. The second kappa shape index (κ2) is 11.6. The van der Waals surface area contributed by atoms with Gasteiger partial charge in [-0.25, -0.2) is 4.79 Å². The van der Waals surface area contributed by atoms with Crippen LogP contribution in [0.5, 0.6) is 0 Å². The molecule has 0 saturated heterocycles. The Morgan fingerprint density at radius 1 is 1.20 bits per heavy atom.